The van der Waals surface area contributed by atoms with E-state index in [0.29, 0.717) is 19.5 Å². The van der Waals surface area contributed by atoms with Gasteiger partial charge in [-0.3, -0.25) is 9.59 Å². The van der Waals surface area contributed by atoms with Crippen molar-refractivity contribution in [1.29, 1.82) is 0 Å². The molecule has 0 spiro atoms. The number of thiazole rings is 1. The van der Waals surface area contributed by atoms with Gasteiger partial charge in [0.05, 0.1) is 23.2 Å². The van der Waals surface area contributed by atoms with Gasteiger partial charge in [-0.15, -0.1) is 11.3 Å². The third-order valence-electron chi connectivity index (χ3n) is 3.61. The molecule has 22 heavy (non-hydrogen) atoms. The van der Waals surface area contributed by atoms with Gasteiger partial charge in [0.1, 0.15) is 0 Å². The molecule has 1 aromatic heterocycles. The summed E-state index contributed by atoms with van der Waals surface area (Å²) in [6.07, 6.45) is 0.963. The molecule has 0 aliphatic carbocycles. The van der Waals surface area contributed by atoms with Gasteiger partial charge in [-0.25, -0.2) is 4.98 Å². The molecule has 1 aromatic rings. The van der Waals surface area contributed by atoms with Gasteiger partial charge in [0, 0.05) is 30.9 Å². The third kappa shape index (κ3) is 5.70. The van der Waals surface area contributed by atoms with Gasteiger partial charge < -0.3 is 20.4 Å². The number of nitrogens with zero attached hydrogens (tertiary/aromatic N) is 2. The van der Waals surface area contributed by atoms with Gasteiger partial charge in [-0.1, -0.05) is 0 Å². The highest BCUT2D eigenvalue weighted by Crippen LogP contribution is 2.16. The third-order valence-corrected chi connectivity index (χ3v) is 4.61. The normalized spacial score (nSPS) is 21.6. The highest BCUT2D eigenvalue weighted by Gasteiger charge is 2.31. The number of piperidine rings is 1. The summed E-state index contributed by atoms with van der Waals surface area (Å²) >= 11 is 1.62. The first-order chi connectivity index (χ1) is 10.5. The number of carbonyl (C=O) groups excluding carboxylic acids is 1. The Labute approximate surface area is 134 Å². The lowest BCUT2D eigenvalue weighted by atomic mass is 9.94. The van der Waals surface area contributed by atoms with E-state index in [9.17, 15) is 9.90 Å². The summed E-state index contributed by atoms with van der Waals surface area (Å²) in [5, 5.41) is 19.7. The summed E-state index contributed by atoms with van der Waals surface area (Å²) in [5.74, 6) is -0.345. The van der Waals surface area contributed by atoms with Crippen LogP contribution in [0.2, 0.25) is 0 Å². The fourth-order valence-corrected chi connectivity index (χ4v) is 3.14. The minimum Gasteiger partial charge on any atom is -0.483 e. The quantitative estimate of drug-likeness (QED) is 0.678. The Balaban J connectivity index is 0.000000745. The number of likely N-dealkylation sites (tertiary alicyclic amines) is 1. The molecule has 0 radical (unpaired) electrons. The second-order valence-electron chi connectivity index (χ2n) is 5.23. The number of hydrogen-bond donors (Lipinski definition) is 3. The van der Waals surface area contributed by atoms with Gasteiger partial charge in [0.25, 0.3) is 6.47 Å². The van der Waals surface area contributed by atoms with Crippen LogP contribution in [0.5, 0.6) is 0 Å². The zero-order valence-electron chi connectivity index (χ0n) is 12.9. The molecule has 2 rings (SSSR count). The van der Waals surface area contributed by atoms with E-state index in [4.69, 9.17) is 9.90 Å². The van der Waals surface area contributed by atoms with E-state index < -0.39 is 6.10 Å². The Morgan fingerprint density at radius 3 is 2.91 bits per heavy atom. The molecule has 1 amide bonds. The number of aliphatic hydroxyl groups is 1. The van der Waals surface area contributed by atoms with Crippen molar-refractivity contribution in [2.75, 3.05) is 26.7 Å². The van der Waals surface area contributed by atoms with Crippen LogP contribution in [0.15, 0.2) is 5.51 Å². The summed E-state index contributed by atoms with van der Waals surface area (Å²) in [6, 6.07) is 0. The smallest absolute Gasteiger partial charge is 0.290 e. The number of aliphatic hydroxyl groups excluding tert-OH is 1. The number of carbonyl (C=O) groups is 2. The second-order valence-corrected chi connectivity index (χ2v) is 6.17. The largest absolute Gasteiger partial charge is 0.483 e. The number of aromatic nitrogens is 1. The van der Waals surface area contributed by atoms with Gasteiger partial charge in [-0.05, 0) is 20.4 Å². The molecule has 1 aliphatic heterocycles. The van der Waals surface area contributed by atoms with Crippen LogP contribution in [0, 0.1) is 12.8 Å². The van der Waals surface area contributed by atoms with Crippen LogP contribution in [0.25, 0.3) is 0 Å². The number of nitrogens with one attached hydrogen (secondary N) is 1. The van der Waals surface area contributed by atoms with Crippen molar-refractivity contribution in [3.63, 3.8) is 0 Å². The molecule has 7 nitrogen and oxygen atoms in total. The summed E-state index contributed by atoms with van der Waals surface area (Å²) in [6.45, 7) is 3.82. The Bertz CT molecular complexity index is 480. The first-order valence-corrected chi connectivity index (χ1v) is 7.98. The highest BCUT2D eigenvalue weighted by atomic mass is 32.1. The lowest BCUT2D eigenvalue weighted by Crippen LogP contribution is -2.49. The lowest BCUT2D eigenvalue weighted by Gasteiger charge is -2.32. The predicted molar refractivity (Wildman–Crippen MR) is 83.9 cm³/mol. The fourth-order valence-electron chi connectivity index (χ4n) is 2.36. The van der Waals surface area contributed by atoms with Crippen molar-refractivity contribution >= 4 is 23.7 Å². The minimum atomic E-state index is -0.513. The van der Waals surface area contributed by atoms with E-state index in [1.54, 1.807) is 11.3 Å². The molecule has 1 saturated heterocycles. The lowest BCUT2D eigenvalue weighted by molar-refractivity contribution is -0.131. The van der Waals surface area contributed by atoms with Crippen LogP contribution in [0.4, 0.5) is 0 Å². The van der Waals surface area contributed by atoms with Crippen LogP contribution in [-0.4, -0.2) is 65.3 Å². The molecule has 8 heteroatoms. The second kappa shape index (κ2) is 9.50. The molecule has 3 N–H and O–H groups in total. The number of hydrogen-bond acceptors (Lipinski definition) is 6. The summed E-state index contributed by atoms with van der Waals surface area (Å²) in [4.78, 5) is 27.9. The summed E-state index contributed by atoms with van der Waals surface area (Å²) < 4.78 is 0. The molecule has 2 heterocycles. The van der Waals surface area contributed by atoms with Gasteiger partial charge in [-0.2, -0.15) is 0 Å². The first kappa shape index (κ1) is 18.5. The maximum atomic E-state index is 12.1. The molecule has 0 bridgehead atoms. The van der Waals surface area contributed by atoms with Crippen molar-refractivity contribution in [3.8, 4) is 0 Å². The van der Waals surface area contributed by atoms with Crippen LogP contribution in [0.3, 0.4) is 0 Å². The van der Waals surface area contributed by atoms with Crippen molar-refractivity contribution in [2.24, 2.45) is 5.92 Å². The Morgan fingerprint density at radius 2 is 2.32 bits per heavy atom. The van der Waals surface area contributed by atoms with E-state index in [-0.39, 0.29) is 18.3 Å². The molecule has 1 fully saturated rings. The zero-order valence-corrected chi connectivity index (χ0v) is 13.7. The molecular weight excluding hydrogens is 306 g/mol. The summed E-state index contributed by atoms with van der Waals surface area (Å²) in [5.41, 5.74) is 2.86. The van der Waals surface area contributed by atoms with Crippen LogP contribution in [0.1, 0.15) is 17.0 Å². The maximum absolute atomic E-state index is 12.1. The highest BCUT2D eigenvalue weighted by molar-refractivity contribution is 7.09. The van der Waals surface area contributed by atoms with Gasteiger partial charge >= 0.3 is 0 Å². The van der Waals surface area contributed by atoms with Crippen molar-refractivity contribution in [2.45, 2.75) is 25.9 Å². The number of carboxylic acid groups (broad SMARTS) is 1. The molecule has 0 aromatic carbocycles. The molecule has 0 saturated carbocycles. The Kier molecular flexibility index (Phi) is 8.00. The van der Waals surface area contributed by atoms with Crippen LogP contribution >= 0.6 is 11.3 Å². The minimum absolute atomic E-state index is 0.0405. The van der Waals surface area contributed by atoms with Crippen molar-refractivity contribution < 1.29 is 19.8 Å². The molecule has 1 aliphatic rings. The summed E-state index contributed by atoms with van der Waals surface area (Å²) in [7, 11) is 1.98. The van der Waals surface area contributed by atoms with Crippen molar-refractivity contribution in [3.05, 3.63) is 16.1 Å². The number of rotatable bonds is 4. The molecule has 124 valence electrons. The van der Waals surface area contributed by atoms with Crippen molar-refractivity contribution in [1.82, 2.24) is 15.2 Å². The van der Waals surface area contributed by atoms with E-state index in [1.807, 2.05) is 19.5 Å². The number of aryl methyl sites for hydroxylation is 1. The predicted octanol–water partition coefficient (Wildman–Crippen LogP) is 0.124. The standard InChI is InChI=1S/C13H21N3O2S.CH2O2/c1-9-12(19-8-15-9)3-5-14-13(18)10-7-16(2)6-4-11(10)17;2-1-3/h8,10-11,17H,3-7H2,1-2H3,(H,14,18);1H,(H,2,3)/t10-,11-;/m1./s1. The molecular formula is C14H23N3O4S. The topological polar surface area (TPSA) is 103 Å². The van der Waals surface area contributed by atoms with E-state index in [1.165, 1.54) is 4.88 Å². The monoisotopic (exact) mass is 329 g/mol. The SMILES string of the molecule is Cc1ncsc1CCNC(=O)[C@@H]1CN(C)CC[C@H]1O.O=CO. The molecule has 2 atom stereocenters. The maximum Gasteiger partial charge on any atom is 0.290 e. The Morgan fingerprint density at radius 1 is 1.64 bits per heavy atom. The average Bonchev–Trinajstić information content (AvgIpc) is 2.88. The molecule has 0 unspecified atom stereocenters. The van der Waals surface area contributed by atoms with E-state index in [0.717, 1.165) is 18.7 Å². The Hall–Kier alpha value is -1.51. The van der Waals surface area contributed by atoms with E-state index >= 15 is 0 Å². The van der Waals surface area contributed by atoms with Gasteiger partial charge in [0.15, 0.2) is 0 Å². The van der Waals surface area contributed by atoms with E-state index in [2.05, 4.69) is 15.2 Å². The zero-order chi connectivity index (χ0) is 16.5. The van der Waals surface area contributed by atoms with Gasteiger partial charge in [0.2, 0.25) is 5.91 Å². The first-order valence-electron chi connectivity index (χ1n) is 7.10. The number of amides is 1. The van der Waals surface area contributed by atoms with Crippen LogP contribution in [-0.2, 0) is 16.0 Å². The average molecular weight is 329 g/mol. The van der Waals surface area contributed by atoms with Crippen LogP contribution < -0.4 is 5.32 Å². The fraction of sp³-hybridized carbons (Fsp3) is 0.643.